The summed E-state index contributed by atoms with van der Waals surface area (Å²) < 4.78 is 5.18. The summed E-state index contributed by atoms with van der Waals surface area (Å²) in [6.45, 7) is 0. The van der Waals surface area contributed by atoms with Crippen molar-refractivity contribution in [2.75, 3.05) is 12.4 Å². The molecule has 0 heterocycles. The number of hydrogen-bond donors (Lipinski definition) is 2. The summed E-state index contributed by atoms with van der Waals surface area (Å²) in [6, 6.07) is 11.8. The quantitative estimate of drug-likeness (QED) is 0.849. The fraction of sp³-hybridized carbons (Fsp3) is 0.0667. The van der Waals surface area contributed by atoms with Crippen LogP contribution in [0.1, 0.15) is 15.9 Å². The standard InChI is InChI=1S/C15H13ClN2O2S/c1-20-13-6-5-11(16)8-12(13)18-15(19)10-4-2-3-9(7-10)14(17)21/h2-8H,1H3,(H2,17,21)(H,18,19). The van der Waals surface area contributed by atoms with Crippen LogP contribution in [0.4, 0.5) is 5.69 Å². The summed E-state index contributed by atoms with van der Waals surface area (Å²) in [5, 5.41) is 3.26. The van der Waals surface area contributed by atoms with Crippen LogP contribution >= 0.6 is 23.8 Å². The number of rotatable bonds is 4. The van der Waals surface area contributed by atoms with Crippen LogP contribution in [-0.2, 0) is 0 Å². The molecule has 0 unspecified atom stereocenters. The van der Waals surface area contributed by atoms with Crippen LogP contribution in [0.15, 0.2) is 42.5 Å². The van der Waals surface area contributed by atoms with Crippen molar-refractivity contribution >= 4 is 40.4 Å². The molecule has 2 rings (SSSR count). The number of nitrogens with one attached hydrogen (secondary N) is 1. The number of anilines is 1. The van der Waals surface area contributed by atoms with Crippen LogP contribution in [0.25, 0.3) is 0 Å². The molecule has 2 aromatic rings. The minimum absolute atomic E-state index is 0.241. The Morgan fingerprint density at radius 1 is 1.24 bits per heavy atom. The Morgan fingerprint density at radius 2 is 1.95 bits per heavy atom. The summed E-state index contributed by atoms with van der Waals surface area (Å²) >= 11 is 10.8. The highest BCUT2D eigenvalue weighted by Crippen LogP contribution is 2.28. The second-order valence-electron chi connectivity index (χ2n) is 4.24. The van der Waals surface area contributed by atoms with Crippen LogP contribution < -0.4 is 15.8 Å². The first-order chi connectivity index (χ1) is 10.0. The van der Waals surface area contributed by atoms with Gasteiger partial charge in [0.25, 0.3) is 5.91 Å². The van der Waals surface area contributed by atoms with Gasteiger partial charge in [-0.25, -0.2) is 0 Å². The SMILES string of the molecule is COc1ccc(Cl)cc1NC(=O)c1cccc(C(N)=S)c1. The van der Waals surface area contributed by atoms with E-state index < -0.39 is 0 Å². The average Bonchev–Trinajstić information content (AvgIpc) is 2.47. The highest BCUT2D eigenvalue weighted by molar-refractivity contribution is 7.80. The summed E-state index contributed by atoms with van der Waals surface area (Å²) in [6.07, 6.45) is 0. The summed E-state index contributed by atoms with van der Waals surface area (Å²) in [5.74, 6) is 0.229. The van der Waals surface area contributed by atoms with Crippen LogP contribution in [0.3, 0.4) is 0 Å². The highest BCUT2D eigenvalue weighted by atomic mass is 35.5. The number of benzene rings is 2. The lowest BCUT2D eigenvalue weighted by molar-refractivity contribution is 0.102. The van der Waals surface area contributed by atoms with E-state index in [0.717, 1.165) is 0 Å². The predicted octanol–water partition coefficient (Wildman–Crippen LogP) is 3.24. The zero-order chi connectivity index (χ0) is 15.4. The molecular formula is C15H13ClN2O2S. The molecule has 21 heavy (non-hydrogen) atoms. The summed E-state index contributed by atoms with van der Waals surface area (Å²) in [7, 11) is 1.52. The first-order valence-corrected chi connectivity index (χ1v) is 6.84. The van der Waals surface area contributed by atoms with E-state index in [1.54, 1.807) is 42.5 Å². The lowest BCUT2D eigenvalue weighted by Crippen LogP contribution is -2.15. The number of methoxy groups -OCH3 is 1. The molecule has 0 aliphatic rings. The maximum atomic E-state index is 12.3. The summed E-state index contributed by atoms with van der Waals surface area (Å²) in [4.78, 5) is 12.5. The van der Waals surface area contributed by atoms with E-state index in [4.69, 9.17) is 34.3 Å². The second-order valence-corrected chi connectivity index (χ2v) is 5.12. The van der Waals surface area contributed by atoms with Crippen molar-refractivity contribution in [2.45, 2.75) is 0 Å². The van der Waals surface area contributed by atoms with Crippen molar-refractivity contribution in [3.63, 3.8) is 0 Å². The minimum Gasteiger partial charge on any atom is -0.495 e. The van der Waals surface area contributed by atoms with Crippen molar-refractivity contribution < 1.29 is 9.53 Å². The maximum absolute atomic E-state index is 12.3. The van der Waals surface area contributed by atoms with Crippen LogP contribution in [0.2, 0.25) is 5.02 Å². The molecule has 2 aromatic carbocycles. The topological polar surface area (TPSA) is 64.3 Å². The normalized spacial score (nSPS) is 10.0. The molecule has 0 saturated heterocycles. The summed E-state index contributed by atoms with van der Waals surface area (Å²) in [5.41, 5.74) is 7.14. The largest absolute Gasteiger partial charge is 0.495 e. The Bertz CT molecular complexity index is 704. The van der Waals surface area contributed by atoms with Gasteiger partial charge in [0.15, 0.2) is 0 Å². The molecule has 108 valence electrons. The van der Waals surface area contributed by atoms with Crippen molar-refractivity contribution in [3.8, 4) is 5.75 Å². The molecule has 0 aliphatic carbocycles. The fourth-order valence-corrected chi connectivity index (χ4v) is 2.09. The Hall–Kier alpha value is -2.11. The maximum Gasteiger partial charge on any atom is 0.255 e. The third-order valence-electron chi connectivity index (χ3n) is 2.82. The Labute approximate surface area is 132 Å². The van der Waals surface area contributed by atoms with Gasteiger partial charge in [0.2, 0.25) is 0 Å². The van der Waals surface area contributed by atoms with Crippen LogP contribution in [0, 0.1) is 0 Å². The van der Waals surface area contributed by atoms with Gasteiger partial charge in [0.05, 0.1) is 12.8 Å². The molecule has 6 heteroatoms. The molecule has 4 nitrogen and oxygen atoms in total. The molecule has 0 fully saturated rings. The van der Waals surface area contributed by atoms with E-state index in [1.807, 2.05) is 0 Å². The van der Waals surface area contributed by atoms with Gasteiger partial charge in [-0.05, 0) is 30.3 Å². The molecule has 0 spiro atoms. The third kappa shape index (κ3) is 3.71. The molecule has 0 saturated carbocycles. The number of nitrogens with two attached hydrogens (primary N) is 1. The minimum atomic E-state index is -0.298. The van der Waals surface area contributed by atoms with Gasteiger partial charge in [-0.3, -0.25) is 4.79 Å². The van der Waals surface area contributed by atoms with Gasteiger partial charge >= 0.3 is 0 Å². The van der Waals surface area contributed by atoms with E-state index >= 15 is 0 Å². The first kappa shape index (κ1) is 15.3. The Kier molecular flexibility index (Phi) is 4.77. The molecule has 0 atom stereocenters. The van der Waals surface area contributed by atoms with Crippen LogP contribution in [0.5, 0.6) is 5.75 Å². The van der Waals surface area contributed by atoms with Crippen LogP contribution in [-0.4, -0.2) is 18.0 Å². The number of hydrogen-bond acceptors (Lipinski definition) is 3. The molecule has 0 aliphatic heterocycles. The fourth-order valence-electron chi connectivity index (χ4n) is 1.79. The number of ether oxygens (including phenoxy) is 1. The molecule has 0 radical (unpaired) electrons. The molecule has 0 bridgehead atoms. The van der Waals surface area contributed by atoms with Gasteiger partial charge < -0.3 is 15.8 Å². The van der Waals surface area contributed by atoms with Gasteiger partial charge in [0.1, 0.15) is 10.7 Å². The van der Waals surface area contributed by atoms with Gasteiger partial charge in [-0.1, -0.05) is 36.0 Å². The second kappa shape index (κ2) is 6.56. The van der Waals surface area contributed by atoms with E-state index in [0.29, 0.717) is 27.6 Å². The highest BCUT2D eigenvalue weighted by Gasteiger charge is 2.11. The van der Waals surface area contributed by atoms with Crippen molar-refractivity contribution in [3.05, 3.63) is 58.6 Å². The lowest BCUT2D eigenvalue weighted by Gasteiger charge is -2.11. The molecule has 3 N–H and O–H groups in total. The monoisotopic (exact) mass is 320 g/mol. The average molecular weight is 321 g/mol. The van der Waals surface area contributed by atoms with Gasteiger partial charge in [0, 0.05) is 16.1 Å². The molecule has 0 aromatic heterocycles. The van der Waals surface area contributed by atoms with E-state index in [1.165, 1.54) is 7.11 Å². The smallest absolute Gasteiger partial charge is 0.255 e. The Morgan fingerprint density at radius 3 is 2.62 bits per heavy atom. The van der Waals surface area contributed by atoms with Crippen molar-refractivity contribution in [2.24, 2.45) is 5.73 Å². The first-order valence-electron chi connectivity index (χ1n) is 6.06. The van der Waals surface area contributed by atoms with Crippen molar-refractivity contribution in [1.29, 1.82) is 0 Å². The third-order valence-corrected chi connectivity index (χ3v) is 3.29. The number of thiocarbonyl (C=S) groups is 1. The van der Waals surface area contributed by atoms with E-state index in [-0.39, 0.29) is 10.9 Å². The zero-order valence-electron chi connectivity index (χ0n) is 11.2. The number of halogens is 1. The van der Waals surface area contributed by atoms with Gasteiger partial charge in [-0.2, -0.15) is 0 Å². The van der Waals surface area contributed by atoms with Gasteiger partial charge in [-0.15, -0.1) is 0 Å². The molecular weight excluding hydrogens is 308 g/mol. The molecule has 1 amide bonds. The number of carbonyl (C=O) groups is 1. The van der Waals surface area contributed by atoms with E-state index in [2.05, 4.69) is 5.32 Å². The van der Waals surface area contributed by atoms with E-state index in [9.17, 15) is 4.79 Å². The predicted molar refractivity (Wildman–Crippen MR) is 88.3 cm³/mol. The lowest BCUT2D eigenvalue weighted by atomic mass is 10.1. The zero-order valence-corrected chi connectivity index (χ0v) is 12.8. The number of carbonyl (C=O) groups excluding carboxylic acids is 1. The Balaban J connectivity index is 2.28. The van der Waals surface area contributed by atoms with Crippen molar-refractivity contribution in [1.82, 2.24) is 0 Å². The number of amides is 1.